The van der Waals surface area contributed by atoms with Crippen molar-refractivity contribution < 1.29 is 4.79 Å². The van der Waals surface area contributed by atoms with Crippen LogP contribution in [-0.2, 0) is 19.5 Å². The number of nitrogens with two attached hydrogens (primary N) is 1. The molecule has 0 unspecified atom stereocenters. The van der Waals surface area contributed by atoms with E-state index in [4.69, 9.17) is 5.73 Å². The van der Waals surface area contributed by atoms with Crippen LogP contribution in [0.2, 0.25) is 0 Å². The summed E-state index contributed by atoms with van der Waals surface area (Å²) in [4.78, 5) is 14.7. The summed E-state index contributed by atoms with van der Waals surface area (Å²) >= 11 is 1.35. The molecule has 0 saturated carbocycles. The van der Waals surface area contributed by atoms with Crippen LogP contribution in [0.3, 0.4) is 0 Å². The van der Waals surface area contributed by atoms with Crippen LogP contribution in [0, 0.1) is 0 Å². The minimum Gasteiger partial charge on any atom is -0.374 e. The van der Waals surface area contributed by atoms with Gasteiger partial charge in [0.2, 0.25) is 5.13 Å². The molecule has 26 heavy (non-hydrogen) atoms. The number of hydrogen-bond acceptors (Lipinski definition) is 6. The van der Waals surface area contributed by atoms with Gasteiger partial charge in [-0.1, -0.05) is 41.7 Å². The molecule has 0 fully saturated rings. The Kier molecular flexibility index (Phi) is 4.53. The summed E-state index contributed by atoms with van der Waals surface area (Å²) in [6.07, 6.45) is 0.627. The van der Waals surface area contributed by atoms with Crippen molar-refractivity contribution in [1.82, 2.24) is 15.5 Å². The monoisotopic (exact) mass is 365 g/mol. The third-order valence-corrected chi connectivity index (χ3v) is 5.23. The van der Waals surface area contributed by atoms with Crippen molar-refractivity contribution in [2.45, 2.75) is 19.5 Å². The Labute approximate surface area is 155 Å². The van der Waals surface area contributed by atoms with E-state index in [0.717, 1.165) is 23.8 Å². The van der Waals surface area contributed by atoms with Crippen LogP contribution in [0.15, 0.2) is 48.5 Å². The number of anilines is 2. The second-order valence-electron chi connectivity index (χ2n) is 6.22. The van der Waals surface area contributed by atoms with Gasteiger partial charge in [-0.3, -0.25) is 4.79 Å². The van der Waals surface area contributed by atoms with Gasteiger partial charge in [-0.2, -0.15) is 0 Å². The lowest BCUT2D eigenvalue weighted by molar-refractivity contribution is 0.0954. The van der Waals surface area contributed by atoms with Gasteiger partial charge in [-0.15, -0.1) is 10.2 Å². The molecule has 0 saturated heterocycles. The predicted octanol–water partition coefficient (Wildman–Crippen LogP) is 2.61. The number of amides is 1. The summed E-state index contributed by atoms with van der Waals surface area (Å²) in [6.45, 7) is 2.26. The standard InChI is InChI=1S/C19H19N5OS/c20-19-23-22-17(26-19)8-9-21-18(25)13-6-3-7-16(10-13)24-11-14-4-1-2-5-15(14)12-24/h1-7,10H,8-9,11-12H2,(H2,20,23)(H,21,25). The molecule has 3 aromatic rings. The lowest BCUT2D eigenvalue weighted by Gasteiger charge is -2.18. The molecule has 6 nitrogen and oxygen atoms in total. The van der Waals surface area contributed by atoms with Crippen LogP contribution in [0.1, 0.15) is 26.5 Å². The Hall–Kier alpha value is -2.93. The van der Waals surface area contributed by atoms with Gasteiger partial charge < -0.3 is 16.0 Å². The van der Waals surface area contributed by atoms with E-state index in [1.54, 1.807) is 0 Å². The average molecular weight is 365 g/mol. The van der Waals surface area contributed by atoms with Gasteiger partial charge in [0.05, 0.1) is 0 Å². The first-order valence-electron chi connectivity index (χ1n) is 8.47. The number of nitrogen functional groups attached to an aromatic ring is 1. The molecule has 0 spiro atoms. The number of nitrogens with one attached hydrogen (secondary N) is 1. The third-order valence-electron chi connectivity index (χ3n) is 4.42. The first-order valence-corrected chi connectivity index (χ1v) is 9.28. The van der Waals surface area contributed by atoms with E-state index in [1.807, 2.05) is 24.3 Å². The molecule has 1 aliphatic rings. The number of rotatable bonds is 5. The van der Waals surface area contributed by atoms with Gasteiger partial charge in [-0.25, -0.2) is 0 Å². The van der Waals surface area contributed by atoms with E-state index in [-0.39, 0.29) is 5.91 Å². The quantitative estimate of drug-likeness (QED) is 0.726. The second-order valence-corrected chi connectivity index (χ2v) is 7.31. The SMILES string of the molecule is Nc1nnc(CCNC(=O)c2cccc(N3Cc4ccccc4C3)c2)s1. The lowest BCUT2D eigenvalue weighted by Crippen LogP contribution is -2.26. The van der Waals surface area contributed by atoms with Gasteiger partial charge in [0.15, 0.2) is 0 Å². The first-order chi connectivity index (χ1) is 12.7. The van der Waals surface area contributed by atoms with Crippen LogP contribution < -0.4 is 16.0 Å². The van der Waals surface area contributed by atoms with E-state index >= 15 is 0 Å². The van der Waals surface area contributed by atoms with E-state index in [2.05, 4.69) is 44.7 Å². The highest BCUT2D eigenvalue weighted by molar-refractivity contribution is 7.15. The molecule has 1 aliphatic heterocycles. The topological polar surface area (TPSA) is 84.1 Å². The molecule has 3 N–H and O–H groups in total. The number of benzene rings is 2. The van der Waals surface area contributed by atoms with E-state index in [0.29, 0.717) is 23.7 Å². The van der Waals surface area contributed by atoms with Crippen LogP contribution in [0.5, 0.6) is 0 Å². The van der Waals surface area contributed by atoms with Crippen molar-refractivity contribution in [2.24, 2.45) is 0 Å². The fraction of sp³-hybridized carbons (Fsp3) is 0.211. The zero-order chi connectivity index (χ0) is 17.9. The maximum Gasteiger partial charge on any atom is 0.251 e. The van der Waals surface area contributed by atoms with Gasteiger partial charge in [0, 0.05) is 37.3 Å². The molecular formula is C19H19N5OS. The van der Waals surface area contributed by atoms with Gasteiger partial charge in [0.25, 0.3) is 5.91 Å². The minimum absolute atomic E-state index is 0.0824. The highest BCUT2D eigenvalue weighted by Gasteiger charge is 2.19. The molecular weight excluding hydrogens is 346 g/mol. The molecule has 0 atom stereocenters. The largest absolute Gasteiger partial charge is 0.374 e. The summed E-state index contributed by atoms with van der Waals surface area (Å²) in [5, 5.41) is 11.9. The summed E-state index contributed by atoms with van der Waals surface area (Å²) in [7, 11) is 0. The fourth-order valence-electron chi connectivity index (χ4n) is 3.11. The molecule has 2 heterocycles. The van der Waals surface area contributed by atoms with Crippen molar-refractivity contribution >= 4 is 28.1 Å². The fourth-order valence-corrected chi connectivity index (χ4v) is 3.72. The Bertz CT molecular complexity index is 914. The molecule has 1 aromatic heterocycles. The zero-order valence-electron chi connectivity index (χ0n) is 14.2. The molecule has 4 rings (SSSR count). The number of carbonyl (C=O) groups is 1. The Morgan fingerprint density at radius 3 is 2.58 bits per heavy atom. The highest BCUT2D eigenvalue weighted by Crippen LogP contribution is 2.28. The van der Waals surface area contributed by atoms with E-state index in [9.17, 15) is 4.79 Å². The zero-order valence-corrected chi connectivity index (χ0v) is 15.0. The van der Waals surface area contributed by atoms with Crippen LogP contribution in [-0.4, -0.2) is 22.6 Å². The average Bonchev–Trinajstić information content (AvgIpc) is 3.27. The van der Waals surface area contributed by atoms with Crippen molar-refractivity contribution in [3.63, 3.8) is 0 Å². The predicted molar refractivity (Wildman–Crippen MR) is 103 cm³/mol. The molecule has 132 valence electrons. The number of aromatic nitrogens is 2. The smallest absolute Gasteiger partial charge is 0.251 e. The number of carbonyl (C=O) groups excluding carboxylic acids is 1. The minimum atomic E-state index is -0.0824. The van der Waals surface area contributed by atoms with E-state index in [1.165, 1.54) is 22.5 Å². The van der Waals surface area contributed by atoms with Crippen LogP contribution in [0.4, 0.5) is 10.8 Å². The third kappa shape index (κ3) is 3.52. The van der Waals surface area contributed by atoms with Gasteiger partial charge >= 0.3 is 0 Å². The molecule has 7 heteroatoms. The second kappa shape index (κ2) is 7.13. The Morgan fingerprint density at radius 1 is 1.12 bits per heavy atom. The van der Waals surface area contributed by atoms with Crippen molar-refractivity contribution in [1.29, 1.82) is 0 Å². The van der Waals surface area contributed by atoms with Gasteiger partial charge in [-0.05, 0) is 29.3 Å². The van der Waals surface area contributed by atoms with E-state index < -0.39 is 0 Å². The lowest BCUT2D eigenvalue weighted by atomic mass is 10.1. The molecule has 1 amide bonds. The van der Waals surface area contributed by atoms with Crippen molar-refractivity contribution in [3.8, 4) is 0 Å². The van der Waals surface area contributed by atoms with Crippen molar-refractivity contribution in [3.05, 3.63) is 70.2 Å². The Morgan fingerprint density at radius 2 is 1.88 bits per heavy atom. The van der Waals surface area contributed by atoms with Gasteiger partial charge in [0.1, 0.15) is 5.01 Å². The maximum atomic E-state index is 12.4. The molecule has 2 aromatic carbocycles. The summed E-state index contributed by atoms with van der Waals surface area (Å²) in [5.41, 5.74) is 9.98. The number of nitrogens with zero attached hydrogens (tertiary/aromatic N) is 3. The number of fused-ring (bicyclic) bond motifs is 1. The first kappa shape index (κ1) is 16.5. The van der Waals surface area contributed by atoms with Crippen LogP contribution >= 0.6 is 11.3 Å². The molecule has 0 aliphatic carbocycles. The summed E-state index contributed by atoms with van der Waals surface area (Å²) in [5.74, 6) is -0.0824. The highest BCUT2D eigenvalue weighted by atomic mass is 32.1. The molecule has 0 radical (unpaired) electrons. The number of hydrogen-bond donors (Lipinski definition) is 2. The summed E-state index contributed by atoms with van der Waals surface area (Å²) < 4.78 is 0. The van der Waals surface area contributed by atoms with Crippen molar-refractivity contribution in [2.75, 3.05) is 17.2 Å². The molecule has 0 bridgehead atoms. The van der Waals surface area contributed by atoms with Crippen LogP contribution in [0.25, 0.3) is 0 Å². The normalized spacial score (nSPS) is 12.8. The summed E-state index contributed by atoms with van der Waals surface area (Å²) in [6, 6.07) is 16.2. The maximum absolute atomic E-state index is 12.4. The Balaban J connectivity index is 1.39.